The van der Waals surface area contributed by atoms with Gasteiger partial charge in [0.15, 0.2) is 23.6 Å². The Morgan fingerprint density at radius 1 is 1.21 bits per heavy atom. The number of H-pyrrole nitrogens is 1. The first kappa shape index (κ1) is 22.7. The van der Waals surface area contributed by atoms with Gasteiger partial charge in [-0.05, 0) is 6.92 Å². The van der Waals surface area contributed by atoms with Crippen LogP contribution in [0.5, 0.6) is 5.88 Å². The van der Waals surface area contributed by atoms with Crippen LogP contribution in [0.15, 0.2) is 18.3 Å². The molecular weight excluding hydrogens is 443 g/mol. The van der Waals surface area contributed by atoms with E-state index in [2.05, 4.69) is 30.5 Å². The minimum absolute atomic E-state index is 0.0115. The van der Waals surface area contributed by atoms with Crippen molar-refractivity contribution >= 4 is 17.6 Å². The zero-order valence-electron chi connectivity index (χ0n) is 18.1. The van der Waals surface area contributed by atoms with Crippen LogP contribution >= 0.6 is 0 Å². The Bertz CT molecular complexity index is 1120. The Morgan fingerprint density at radius 2 is 2.00 bits per heavy atom. The zero-order chi connectivity index (χ0) is 23.5. The SMILES string of the molecule is COCC(Oc1nc(Nc2cc(C)[nH]n2)nc(N2CC(OC)C2)c1F)c1ncc(F)cc1F. The smallest absolute Gasteiger partial charge is 0.258 e. The Kier molecular flexibility index (Phi) is 6.60. The largest absolute Gasteiger partial charge is 0.463 e. The van der Waals surface area contributed by atoms with Gasteiger partial charge in [-0.2, -0.15) is 19.5 Å². The second kappa shape index (κ2) is 9.58. The first-order valence-electron chi connectivity index (χ1n) is 9.98. The highest BCUT2D eigenvalue weighted by Gasteiger charge is 2.33. The van der Waals surface area contributed by atoms with Gasteiger partial charge in [0.1, 0.15) is 11.5 Å². The maximum atomic E-state index is 15.4. The van der Waals surface area contributed by atoms with Gasteiger partial charge in [0.25, 0.3) is 5.88 Å². The Balaban J connectivity index is 1.69. The van der Waals surface area contributed by atoms with Crippen molar-refractivity contribution in [1.29, 1.82) is 0 Å². The van der Waals surface area contributed by atoms with E-state index in [1.807, 2.05) is 6.92 Å². The number of aromatic nitrogens is 5. The summed E-state index contributed by atoms with van der Waals surface area (Å²) in [7, 11) is 2.93. The van der Waals surface area contributed by atoms with E-state index in [-0.39, 0.29) is 30.2 Å². The number of hydrogen-bond donors (Lipinski definition) is 2. The van der Waals surface area contributed by atoms with Crippen molar-refractivity contribution < 1.29 is 27.4 Å². The molecule has 0 bridgehead atoms. The standard InChI is InChI=1S/C20H22F3N7O3/c1-10-4-15(29-28-10)25-20-26-18(30-7-12(8-30)32-3)16(23)19(27-20)33-14(9-31-2)17-13(22)5-11(21)6-24-17/h4-6,12,14H,7-9H2,1-3H3,(H2,25,26,27,28,29). The van der Waals surface area contributed by atoms with Crippen LogP contribution in [0.1, 0.15) is 17.5 Å². The van der Waals surface area contributed by atoms with E-state index in [9.17, 15) is 8.78 Å². The summed E-state index contributed by atoms with van der Waals surface area (Å²) in [5.41, 5.74) is 0.540. The van der Waals surface area contributed by atoms with Gasteiger partial charge in [-0.1, -0.05) is 0 Å². The second-order valence-corrected chi connectivity index (χ2v) is 7.40. The molecule has 176 valence electrons. The Morgan fingerprint density at radius 3 is 2.64 bits per heavy atom. The van der Waals surface area contributed by atoms with Crippen LogP contribution in [-0.4, -0.2) is 65.2 Å². The maximum absolute atomic E-state index is 15.4. The normalized spacial score (nSPS) is 14.8. The predicted molar refractivity (Wildman–Crippen MR) is 111 cm³/mol. The van der Waals surface area contributed by atoms with Crippen LogP contribution in [0.25, 0.3) is 0 Å². The molecule has 0 aliphatic carbocycles. The van der Waals surface area contributed by atoms with Crippen LogP contribution in [0.4, 0.5) is 30.8 Å². The predicted octanol–water partition coefficient (Wildman–Crippen LogP) is 2.67. The molecule has 13 heteroatoms. The van der Waals surface area contributed by atoms with Crippen molar-refractivity contribution in [3.8, 4) is 5.88 Å². The van der Waals surface area contributed by atoms with E-state index in [0.29, 0.717) is 25.0 Å². The van der Waals surface area contributed by atoms with E-state index < -0.39 is 29.4 Å². The molecule has 1 aliphatic rings. The third-order valence-electron chi connectivity index (χ3n) is 4.94. The number of ether oxygens (including phenoxy) is 3. The summed E-state index contributed by atoms with van der Waals surface area (Å²) in [6, 6.07) is 2.37. The fraction of sp³-hybridized carbons (Fsp3) is 0.400. The van der Waals surface area contributed by atoms with Crippen molar-refractivity contribution in [2.24, 2.45) is 0 Å². The number of nitrogens with zero attached hydrogens (tertiary/aromatic N) is 5. The molecule has 4 rings (SSSR count). The van der Waals surface area contributed by atoms with Crippen molar-refractivity contribution in [3.05, 3.63) is 47.2 Å². The van der Waals surface area contributed by atoms with Crippen molar-refractivity contribution in [2.45, 2.75) is 19.1 Å². The molecule has 1 fully saturated rings. The zero-order valence-corrected chi connectivity index (χ0v) is 18.1. The monoisotopic (exact) mass is 465 g/mol. The molecule has 1 saturated heterocycles. The van der Waals surface area contributed by atoms with Gasteiger partial charge >= 0.3 is 0 Å². The number of pyridine rings is 1. The maximum Gasteiger partial charge on any atom is 0.258 e. The van der Waals surface area contributed by atoms with E-state index in [1.165, 1.54) is 7.11 Å². The Hall–Kier alpha value is -3.45. The summed E-state index contributed by atoms with van der Waals surface area (Å²) in [5.74, 6) is -2.71. The minimum atomic E-state index is -1.20. The van der Waals surface area contributed by atoms with Crippen LogP contribution < -0.4 is 15.0 Å². The molecule has 3 aromatic heterocycles. The molecule has 3 aromatic rings. The number of methoxy groups -OCH3 is 2. The van der Waals surface area contributed by atoms with Gasteiger partial charge in [0.05, 0.1) is 18.9 Å². The molecule has 1 aliphatic heterocycles. The Labute approximate surface area is 187 Å². The second-order valence-electron chi connectivity index (χ2n) is 7.40. The molecule has 33 heavy (non-hydrogen) atoms. The molecule has 1 unspecified atom stereocenters. The van der Waals surface area contributed by atoms with E-state index in [1.54, 1.807) is 18.1 Å². The molecule has 1 atom stereocenters. The number of anilines is 3. The van der Waals surface area contributed by atoms with Gasteiger partial charge in [-0.15, -0.1) is 0 Å². The lowest BCUT2D eigenvalue weighted by Gasteiger charge is -2.39. The number of aromatic amines is 1. The van der Waals surface area contributed by atoms with Gasteiger partial charge in [0.2, 0.25) is 11.8 Å². The van der Waals surface area contributed by atoms with Crippen molar-refractivity contribution in [2.75, 3.05) is 44.1 Å². The molecular formula is C20H22F3N7O3. The average molecular weight is 465 g/mol. The van der Waals surface area contributed by atoms with Crippen LogP contribution in [0.2, 0.25) is 0 Å². The summed E-state index contributed by atoms with van der Waals surface area (Å²) in [6.45, 7) is 2.46. The summed E-state index contributed by atoms with van der Waals surface area (Å²) < 4.78 is 59.0. The molecule has 0 saturated carbocycles. The average Bonchev–Trinajstić information content (AvgIpc) is 3.14. The lowest BCUT2D eigenvalue weighted by molar-refractivity contribution is 0.0684. The number of rotatable bonds is 9. The molecule has 0 spiro atoms. The highest BCUT2D eigenvalue weighted by atomic mass is 19.1. The summed E-state index contributed by atoms with van der Waals surface area (Å²) >= 11 is 0. The fourth-order valence-corrected chi connectivity index (χ4v) is 3.23. The topological polar surface area (TPSA) is 110 Å². The van der Waals surface area contributed by atoms with Gasteiger partial charge in [-0.25, -0.2) is 8.78 Å². The first-order chi connectivity index (χ1) is 15.9. The van der Waals surface area contributed by atoms with Gasteiger partial charge in [-0.3, -0.25) is 10.1 Å². The highest BCUT2D eigenvalue weighted by molar-refractivity contribution is 5.55. The van der Waals surface area contributed by atoms with Gasteiger partial charge < -0.3 is 24.4 Å². The highest BCUT2D eigenvalue weighted by Crippen LogP contribution is 2.33. The molecule has 0 radical (unpaired) electrons. The number of hydrogen-bond acceptors (Lipinski definition) is 9. The van der Waals surface area contributed by atoms with Crippen molar-refractivity contribution in [1.82, 2.24) is 25.1 Å². The number of aryl methyl sites for hydroxylation is 1. The quantitative estimate of drug-likeness (QED) is 0.493. The summed E-state index contributed by atoms with van der Waals surface area (Å²) in [6.07, 6.45) is -0.423. The third kappa shape index (κ3) is 4.98. The first-order valence-corrected chi connectivity index (χ1v) is 9.98. The molecule has 10 nitrogen and oxygen atoms in total. The summed E-state index contributed by atoms with van der Waals surface area (Å²) in [4.78, 5) is 13.8. The fourth-order valence-electron chi connectivity index (χ4n) is 3.23. The number of nitrogens with one attached hydrogen (secondary N) is 2. The minimum Gasteiger partial charge on any atom is -0.463 e. The molecule has 0 aromatic carbocycles. The summed E-state index contributed by atoms with van der Waals surface area (Å²) in [5, 5.41) is 9.71. The number of halogens is 3. The van der Waals surface area contributed by atoms with Crippen LogP contribution in [-0.2, 0) is 9.47 Å². The third-order valence-corrected chi connectivity index (χ3v) is 4.94. The van der Waals surface area contributed by atoms with Crippen LogP contribution in [0.3, 0.4) is 0 Å². The van der Waals surface area contributed by atoms with E-state index in [0.717, 1.165) is 11.9 Å². The van der Waals surface area contributed by atoms with E-state index >= 15 is 4.39 Å². The van der Waals surface area contributed by atoms with Gasteiger partial charge in [0, 0.05) is 45.1 Å². The van der Waals surface area contributed by atoms with E-state index in [4.69, 9.17) is 14.2 Å². The lowest BCUT2D eigenvalue weighted by atomic mass is 10.1. The molecule has 2 N–H and O–H groups in total. The molecule has 4 heterocycles. The van der Waals surface area contributed by atoms with Crippen molar-refractivity contribution in [3.63, 3.8) is 0 Å². The molecule has 0 amide bonds. The lowest BCUT2D eigenvalue weighted by Crippen LogP contribution is -2.52. The van der Waals surface area contributed by atoms with Crippen LogP contribution in [0, 0.1) is 24.4 Å².